The van der Waals surface area contributed by atoms with Gasteiger partial charge < -0.3 is 19.0 Å². The number of hydrogen-bond acceptors (Lipinski definition) is 5. The van der Waals surface area contributed by atoms with Crippen molar-refractivity contribution in [3.8, 4) is 5.75 Å². The average molecular weight is 226 g/mol. The van der Waals surface area contributed by atoms with E-state index in [1.165, 1.54) is 6.26 Å². The van der Waals surface area contributed by atoms with E-state index in [0.717, 1.165) is 25.3 Å². The van der Waals surface area contributed by atoms with Crippen LogP contribution in [0.4, 0.5) is 0 Å². The van der Waals surface area contributed by atoms with Crippen LogP contribution in [0.5, 0.6) is 5.75 Å². The van der Waals surface area contributed by atoms with E-state index in [-0.39, 0.29) is 18.7 Å². The molecule has 1 N–H and O–H groups in total. The highest BCUT2D eigenvalue weighted by molar-refractivity contribution is 5.21. The fourth-order valence-electron chi connectivity index (χ4n) is 1.56. The number of aromatic hydroxyl groups is 1. The Bertz CT molecular complexity index is 392. The summed E-state index contributed by atoms with van der Waals surface area (Å²) in [6, 6.07) is 1.16. The first-order valence-electron chi connectivity index (χ1n) is 5.30. The van der Waals surface area contributed by atoms with Crippen LogP contribution in [0.25, 0.3) is 0 Å². The van der Waals surface area contributed by atoms with Gasteiger partial charge in [0, 0.05) is 12.7 Å². The van der Waals surface area contributed by atoms with E-state index in [9.17, 15) is 9.90 Å². The third-order valence-electron chi connectivity index (χ3n) is 2.47. The summed E-state index contributed by atoms with van der Waals surface area (Å²) in [7, 11) is 0. The molecule has 1 aromatic rings. The molecule has 0 spiro atoms. The van der Waals surface area contributed by atoms with Crippen molar-refractivity contribution in [1.82, 2.24) is 0 Å². The molecule has 1 aliphatic heterocycles. The SMILES string of the molecule is O=c1ccoc(COC2CCCCO2)c1O. The van der Waals surface area contributed by atoms with Gasteiger partial charge in [0.15, 0.2) is 12.1 Å². The minimum absolute atomic E-state index is 0.0482. The lowest BCUT2D eigenvalue weighted by molar-refractivity contribution is -0.171. The molecule has 1 fully saturated rings. The van der Waals surface area contributed by atoms with Gasteiger partial charge in [-0.2, -0.15) is 0 Å². The van der Waals surface area contributed by atoms with Crippen LogP contribution in [0.15, 0.2) is 21.5 Å². The fraction of sp³-hybridized carbons (Fsp3) is 0.545. The Morgan fingerprint density at radius 2 is 2.38 bits per heavy atom. The molecule has 88 valence electrons. The number of ether oxygens (including phenoxy) is 2. The zero-order valence-corrected chi connectivity index (χ0v) is 8.85. The second-order valence-electron chi connectivity index (χ2n) is 3.66. The molecule has 1 aromatic heterocycles. The summed E-state index contributed by atoms with van der Waals surface area (Å²) < 4.78 is 15.7. The maximum Gasteiger partial charge on any atom is 0.226 e. The number of rotatable bonds is 3. The summed E-state index contributed by atoms with van der Waals surface area (Å²) >= 11 is 0. The van der Waals surface area contributed by atoms with Crippen molar-refractivity contribution in [1.29, 1.82) is 0 Å². The van der Waals surface area contributed by atoms with Crippen molar-refractivity contribution in [2.45, 2.75) is 32.2 Å². The molecule has 0 saturated carbocycles. The molecule has 0 amide bonds. The van der Waals surface area contributed by atoms with Crippen LogP contribution in [0, 0.1) is 0 Å². The van der Waals surface area contributed by atoms with Crippen molar-refractivity contribution in [2.75, 3.05) is 6.61 Å². The summed E-state index contributed by atoms with van der Waals surface area (Å²) in [6.45, 7) is 0.738. The van der Waals surface area contributed by atoms with E-state index in [1.54, 1.807) is 0 Å². The van der Waals surface area contributed by atoms with E-state index in [4.69, 9.17) is 13.9 Å². The molecular formula is C11H14O5. The van der Waals surface area contributed by atoms with Crippen LogP contribution < -0.4 is 5.43 Å². The monoisotopic (exact) mass is 226 g/mol. The minimum Gasteiger partial charge on any atom is -0.502 e. The third-order valence-corrected chi connectivity index (χ3v) is 2.47. The van der Waals surface area contributed by atoms with Gasteiger partial charge in [0.1, 0.15) is 6.61 Å². The molecule has 16 heavy (non-hydrogen) atoms. The summed E-state index contributed by atoms with van der Waals surface area (Å²) in [5, 5.41) is 9.40. The third kappa shape index (κ3) is 2.62. The smallest absolute Gasteiger partial charge is 0.226 e. The van der Waals surface area contributed by atoms with Crippen molar-refractivity contribution in [3.63, 3.8) is 0 Å². The zero-order chi connectivity index (χ0) is 11.4. The lowest BCUT2D eigenvalue weighted by Crippen LogP contribution is -2.22. The Labute approximate surface area is 92.6 Å². The van der Waals surface area contributed by atoms with Gasteiger partial charge in [0.05, 0.1) is 6.26 Å². The fourth-order valence-corrected chi connectivity index (χ4v) is 1.56. The summed E-state index contributed by atoms with van der Waals surface area (Å²) in [4.78, 5) is 11.1. The van der Waals surface area contributed by atoms with Gasteiger partial charge in [-0.15, -0.1) is 0 Å². The van der Waals surface area contributed by atoms with Crippen LogP contribution >= 0.6 is 0 Å². The molecule has 0 bridgehead atoms. The highest BCUT2D eigenvalue weighted by Crippen LogP contribution is 2.18. The van der Waals surface area contributed by atoms with Gasteiger partial charge in [-0.05, 0) is 19.3 Å². The predicted octanol–water partition coefficient (Wildman–Crippen LogP) is 1.39. The molecule has 1 unspecified atom stereocenters. The summed E-state index contributed by atoms with van der Waals surface area (Å²) in [5.74, 6) is -0.250. The van der Waals surface area contributed by atoms with Crippen molar-refractivity contribution in [2.24, 2.45) is 0 Å². The van der Waals surface area contributed by atoms with Gasteiger partial charge in [-0.25, -0.2) is 0 Å². The Hall–Kier alpha value is -1.33. The van der Waals surface area contributed by atoms with Gasteiger partial charge >= 0.3 is 0 Å². The maximum absolute atomic E-state index is 11.1. The normalized spacial score (nSPS) is 20.9. The van der Waals surface area contributed by atoms with Crippen molar-refractivity contribution >= 4 is 0 Å². The largest absolute Gasteiger partial charge is 0.502 e. The van der Waals surface area contributed by atoms with Gasteiger partial charge in [0.2, 0.25) is 11.2 Å². The molecule has 0 radical (unpaired) electrons. The van der Waals surface area contributed by atoms with Crippen LogP contribution in [-0.2, 0) is 16.1 Å². The highest BCUT2D eigenvalue weighted by atomic mass is 16.7. The van der Waals surface area contributed by atoms with Crippen molar-refractivity contribution < 1.29 is 19.0 Å². The Kier molecular flexibility index (Phi) is 3.58. The highest BCUT2D eigenvalue weighted by Gasteiger charge is 2.16. The number of hydrogen-bond donors (Lipinski definition) is 1. The van der Waals surface area contributed by atoms with Gasteiger partial charge in [-0.1, -0.05) is 0 Å². The van der Waals surface area contributed by atoms with Crippen LogP contribution in [-0.4, -0.2) is 18.0 Å². The molecule has 1 saturated heterocycles. The first-order chi connectivity index (χ1) is 7.77. The van der Waals surface area contributed by atoms with Crippen LogP contribution in [0.3, 0.4) is 0 Å². The quantitative estimate of drug-likeness (QED) is 0.843. The molecule has 0 aromatic carbocycles. The molecule has 5 heteroatoms. The van der Waals surface area contributed by atoms with Gasteiger partial charge in [-0.3, -0.25) is 4.79 Å². The Balaban J connectivity index is 1.93. The topological polar surface area (TPSA) is 68.9 Å². The first-order valence-corrected chi connectivity index (χ1v) is 5.30. The molecule has 1 aliphatic rings. The molecular weight excluding hydrogens is 212 g/mol. The average Bonchev–Trinajstić information content (AvgIpc) is 2.32. The van der Waals surface area contributed by atoms with E-state index in [1.807, 2.05) is 0 Å². The van der Waals surface area contributed by atoms with Gasteiger partial charge in [0.25, 0.3) is 0 Å². The molecule has 0 aliphatic carbocycles. The molecule has 2 rings (SSSR count). The zero-order valence-electron chi connectivity index (χ0n) is 8.85. The van der Waals surface area contributed by atoms with Crippen LogP contribution in [0.2, 0.25) is 0 Å². The van der Waals surface area contributed by atoms with Crippen molar-refractivity contribution in [3.05, 3.63) is 28.3 Å². The Morgan fingerprint density at radius 3 is 3.12 bits per heavy atom. The molecule has 5 nitrogen and oxygen atoms in total. The van der Waals surface area contributed by atoms with E-state index in [2.05, 4.69) is 0 Å². The first kappa shape index (κ1) is 11.2. The van der Waals surface area contributed by atoms with E-state index in [0.29, 0.717) is 6.61 Å². The second-order valence-corrected chi connectivity index (χ2v) is 3.66. The Morgan fingerprint density at radius 1 is 1.50 bits per heavy atom. The lowest BCUT2D eigenvalue weighted by Gasteiger charge is -2.22. The summed E-state index contributed by atoms with van der Waals surface area (Å²) in [6.07, 6.45) is 3.92. The van der Waals surface area contributed by atoms with Crippen LogP contribution in [0.1, 0.15) is 25.0 Å². The van der Waals surface area contributed by atoms with E-state index < -0.39 is 11.2 Å². The summed E-state index contributed by atoms with van der Waals surface area (Å²) in [5.41, 5.74) is -0.464. The molecule has 2 heterocycles. The predicted molar refractivity (Wildman–Crippen MR) is 55.0 cm³/mol. The lowest BCUT2D eigenvalue weighted by atomic mass is 10.2. The second kappa shape index (κ2) is 5.14. The maximum atomic E-state index is 11.1. The molecule has 1 atom stereocenters. The standard InChI is InChI=1S/C11H14O5/c12-8-4-6-14-9(11(8)13)7-16-10-3-1-2-5-15-10/h4,6,10,13H,1-3,5,7H2. The van der Waals surface area contributed by atoms with E-state index >= 15 is 0 Å². The minimum atomic E-state index is -0.464.